The Bertz CT molecular complexity index is 170. The second-order valence-electron chi connectivity index (χ2n) is 1.02. The molecule has 0 aliphatic rings. The van der Waals surface area contributed by atoms with Crippen LogP contribution in [0.25, 0.3) is 0 Å². The first-order chi connectivity index (χ1) is 3.12. The molecule has 0 heterocycles. The summed E-state index contributed by atoms with van der Waals surface area (Å²) in [6.07, 6.45) is 4.58. The van der Waals surface area contributed by atoms with E-state index in [1.54, 1.807) is 5.25 Å². The molecule has 0 aliphatic carbocycles. The third kappa shape index (κ3) is 2.24. The predicted octanol–water partition coefficient (Wildman–Crippen LogP) is 0.0118. The highest BCUT2D eigenvalue weighted by Crippen LogP contribution is 1.80. The largest absolute Gasteiger partial charge is 0.216 e. The van der Waals surface area contributed by atoms with Crippen LogP contribution in [0, 0.1) is 11.7 Å². The lowest BCUT2D eigenvalue weighted by Crippen LogP contribution is -1.96. The van der Waals surface area contributed by atoms with Crippen molar-refractivity contribution in [3.05, 3.63) is 0 Å². The maximum Gasteiger partial charge on any atom is 0.216 e. The molecule has 0 amide bonds. The first-order valence-electron chi connectivity index (χ1n) is 1.82. The van der Waals surface area contributed by atoms with Gasteiger partial charge in [0.1, 0.15) is 0 Å². The van der Waals surface area contributed by atoms with Gasteiger partial charge in [0.05, 0.1) is 5.75 Å². The first kappa shape index (κ1) is 6.51. The van der Waals surface area contributed by atoms with E-state index >= 15 is 0 Å². The monoisotopic (exact) mass is 118 g/mol. The van der Waals surface area contributed by atoms with Gasteiger partial charge in [-0.1, -0.05) is 6.92 Å². The van der Waals surface area contributed by atoms with E-state index in [1.165, 1.54) is 6.92 Å². The fourth-order valence-electron chi connectivity index (χ4n) is 0.0833. The summed E-state index contributed by atoms with van der Waals surface area (Å²) in [5.74, 6) is 0.0312. The van der Waals surface area contributed by atoms with Gasteiger partial charge in [0, 0.05) is 5.25 Å². The van der Waals surface area contributed by atoms with Crippen molar-refractivity contribution in [3.8, 4) is 11.7 Å². The molecule has 0 bridgehead atoms. The summed E-state index contributed by atoms with van der Waals surface area (Å²) < 4.78 is 20.3. The average Bonchev–Trinajstić information content (AvgIpc) is 1.68. The SMILES string of the molecule is C#CS(=O)(=O)CC. The summed E-state index contributed by atoms with van der Waals surface area (Å²) in [5, 5.41) is 1.66. The summed E-state index contributed by atoms with van der Waals surface area (Å²) in [6, 6.07) is 0. The van der Waals surface area contributed by atoms with E-state index in [1.807, 2.05) is 0 Å². The van der Waals surface area contributed by atoms with Crippen molar-refractivity contribution in [2.75, 3.05) is 5.75 Å². The van der Waals surface area contributed by atoms with Gasteiger partial charge in [-0.3, -0.25) is 0 Å². The molecule has 0 atom stereocenters. The summed E-state index contributed by atoms with van der Waals surface area (Å²) in [7, 11) is -3.13. The molecule has 3 heteroatoms. The van der Waals surface area contributed by atoms with E-state index < -0.39 is 9.84 Å². The van der Waals surface area contributed by atoms with Crippen molar-refractivity contribution >= 4 is 9.84 Å². The third-order valence-electron chi connectivity index (χ3n) is 0.560. The second kappa shape index (κ2) is 1.99. The first-order valence-corrected chi connectivity index (χ1v) is 3.47. The highest BCUT2D eigenvalue weighted by Gasteiger charge is 1.96. The molecule has 0 spiro atoms. The smallest absolute Gasteiger partial charge is 0.215 e. The number of hydrogen-bond acceptors (Lipinski definition) is 2. The molecule has 0 N–H and O–H groups in total. The fourth-order valence-corrected chi connectivity index (χ4v) is 0.250. The standard InChI is InChI=1S/C4H6O2S/c1-3-7(5,6)4-2/h1H,4H2,2H3. The summed E-state index contributed by atoms with van der Waals surface area (Å²) in [5.41, 5.74) is 0. The van der Waals surface area contributed by atoms with Crippen LogP contribution in [-0.2, 0) is 9.84 Å². The normalized spacial score (nSPS) is 10.3. The maximum atomic E-state index is 10.1. The molecule has 0 rings (SSSR count). The van der Waals surface area contributed by atoms with Crippen molar-refractivity contribution in [3.63, 3.8) is 0 Å². The van der Waals surface area contributed by atoms with Gasteiger partial charge < -0.3 is 0 Å². The Morgan fingerprint density at radius 2 is 2.14 bits per heavy atom. The number of terminal acetylenes is 1. The maximum absolute atomic E-state index is 10.1. The van der Waals surface area contributed by atoms with Crippen LogP contribution in [0.15, 0.2) is 0 Å². The molecule has 0 radical (unpaired) electrons. The minimum Gasteiger partial charge on any atom is -0.215 e. The molecule has 0 saturated carbocycles. The molecule has 0 aromatic rings. The van der Waals surface area contributed by atoms with Crippen LogP contribution in [0.3, 0.4) is 0 Å². The average molecular weight is 118 g/mol. The second-order valence-corrected chi connectivity index (χ2v) is 3.06. The topological polar surface area (TPSA) is 34.1 Å². The van der Waals surface area contributed by atoms with Crippen LogP contribution < -0.4 is 0 Å². The third-order valence-corrected chi connectivity index (χ3v) is 1.68. The van der Waals surface area contributed by atoms with Gasteiger partial charge in [0.2, 0.25) is 9.84 Å². The van der Waals surface area contributed by atoms with E-state index in [9.17, 15) is 8.42 Å². The van der Waals surface area contributed by atoms with Gasteiger partial charge in [-0.05, 0) is 0 Å². The summed E-state index contributed by atoms with van der Waals surface area (Å²) >= 11 is 0. The van der Waals surface area contributed by atoms with E-state index in [-0.39, 0.29) is 5.75 Å². The van der Waals surface area contributed by atoms with Gasteiger partial charge in [-0.2, -0.15) is 0 Å². The van der Waals surface area contributed by atoms with Crippen molar-refractivity contribution in [1.82, 2.24) is 0 Å². The highest BCUT2D eigenvalue weighted by molar-refractivity contribution is 7.96. The number of hydrogen-bond donors (Lipinski definition) is 0. The fraction of sp³-hybridized carbons (Fsp3) is 0.500. The molecule has 0 aromatic heterocycles. The quantitative estimate of drug-likeness (QED) is 0.359. The molecule has 0 fully saturated rings. The van der Waals surface area contributed by atoms with E-state index in [2.05, 4.69) is 6.42 Å². The molecule has 2 nitrogen and oxygen atoms in total. The van der Waals surface area contributed by atoms with Crippen molar-refractivity contribution in [1.29, 1.82) is 0 Å². The Hall–Kier alpha value is -0.490. The lowest BCUT2D eigenvalue weighted by Gasteiger charge is -1.80. The summed E-state index contributed by atoms with van der Waals surface area (Å²) in [6.45, 7) is 1.51. The van der Waals surface area contributed by atoms with Crippen LogP contribution in [0.4, 0.5) is 0 Å². The number of rotatable bonds is 1. The van der Waals surface area contributed by atoms with Crippen LogP contribution in [0.2, 0.25) is 0 Å². The molecule has 7 heavy (non-hydrogen) atoms. The zero-order valence-electron chi connectivity index (χ0n) is 4.01. The summed E-state index contributed by atoms with van der Waals surface area (Å²) in [4.78, 5) is 0. The van der Waals surface area contributed by atoms with Gasteiger partial charge in [-0.25, -0.2) is 8.42 Å². The molecule has 0 aliphatic heterocycles. The van der Waals surface area contributed by atoms with Gasteiger partial charge in [0.25, 0.3) is 0 Å². The van der Waals surface area contributed by atoms with Crippen molar-refractivity contribution in [2.24, 2.45) is 0 Å². The Labute approximate surface area is 43.5 Å². The Morgan fingerprint density at radius 1 is 1.71 bits per heavy atom. The zero-order valence-corrected chi connectivity index (χ0v) is 4.83. The molecule has 40 valence electrons. The Kier molecular flexibility index (Phi) is 1.85. The lowest BCUT2D eigenvalue weighted by molar-refractivity contribution is 0.607. The minimum absolute atomic E-state index is 0.0312. The zero-order chi connectivity index (χ0) is 5.91. The Balaban J connectivity index is 4.28. The van der Waals surface area contributed by atoms with Crippen molar-refractivity contribution < 1.29 is 8.42 Å². The van der Waals surface area contributed by atoms with Crippen LogP contribution >= 0.6 is 0 Å². The minimum atomic E-state index is -3.13. The van der Waals surface area contributed by atoms with Crippen LogP contribution in [0.5, 0.6) is 0 Å². The molecule has 0 saturated heterocycles. The van der Waals surface area contributed by atoms with Gasteiger partial charge in [-0.15, -0.1) is 6.42 Å². The van der Waals surface area contributed by atoms with Crippen LogP contribution in [-0.4, -0.2) is 14.2 Å². The molecule has 0 unspecified atom stereocenters. The van der Waals surface area contributed by atoms with Crippen LogP contribution in [0.1, 0.15) is 6.92 Å². The predicted molar refractivity (Wildman–Crippen MR) is 28.3 cm³/mol. The van der Waals surface area contributed by atoms with Crippen molar-refractivity contribution in [2.45, 2.75) is 6.92 Å². The van der Waals surface area contributed by atoms with E-state index in [0.717, 1.165) is 0 Å². The van der Waals surface area contributed by atoms with E-state index in [4.69, 9.17) is 0 Å². The molecule has 0 aromatic carbocycles. The number of sulfone groups is 1. The van der Waals surface area contributed by atoms with Gasteiger partial charge in [0.15, 0.2) is 0 Å². The van der Waals surface area contributed by atoms with E-state index in [0.29, 0.717) is 0 Å². The highest BCUT2D eigenvalue weighted by atomic mass is 32.2. The molecular formula is C4H6O2S. The Morgan fingerprint density at radius 3 is 2.14 bits per heavy atom. The lowest BCUT2D eigenvalue weighted by atomic mass is 11.0. The van der Waals surface area contributed by atoms with Gasteiger partial charge >= 0.3 is 0 Å². The molecular weight excluding hydrogens is 112 g/mol.